The second-order valence-corrected chi connectivity index (χ2v) is 2.89. The maximum atomic E-state index is 10.7. The Morgan fingerprint density at radius 1 is 1.90 bits per heavy atom. The first kappa shape index (κ1) is 7.32. The molecule has 2 heteroatoms. The van der Waals surface area contributed by atoms with Crippen LogP contribution in [0.25, 0.3) is 0 Å². The van der Waals surface area contributed by atoms with Gasteiger partial charge in [-0.1, -0.05) is 12.2 Å². The third-order valence-electron chi connectivity index (χ3n) is 1.96. The highest BCUT2D eigenvalue weighted by Crippen LogP contribution is 2.17. The van der Waals surface area contributed by atoms with Gasteiger partial charge < -0.3 is 5.32 Å². The SMILES string of the molecule is C=C(C)[C@H]1CCC(=O)NC1.[HH]. The molecule has 0 aromatic heterocycles. The number of hydrogen-bond acceptors (Lipinski definition) is 1. The summed E-state index contributed by atoms with van der Waals surface area (Å²) < 4.78 is 0. The fraction of sp³-hybridized carbons (Fsp3) is 0.625. The highest BCUT2D eigenvalue weighted by Gasteiger charge is 2.17. The highest BCUT2D eigenvalue weighted by atomic mass is 16.1. The van der Waals surface area contributed by atoms with Crippen molar-refractivity contribution in [2.45, 2.75) is 19.8 Å². The van der Waals surface area contributed by atoms with E-state index in [0.29, 0.717) is 12.3 Å². The number of carbonyl (C=O) groups excluding carboxylic acids is 1. The van der Waals surface area contributed by atoms with E-state index in [2.05, 4.69) is 11.9 Å². The van der Waals surface area contributed by atoms with E-state index in [1.165, 1.54) is 5.57 Å². The minimum atomic E-state index is 0. The number of piperidine rings is 1. The summed E-state index contributed by atoms with van der Waals surface area (Å²) in [6.07, 6.45) is 1.64. The summed E-state index contributed by atoms with van der Waals surface area (Å²) in [5.74, 6) is 0.690. The summed E-state index contributed by atoms with van der Waals surface area (Å²) >= 11 is 0. The third-order valence-corrected chi connectivity index (χ3v) is 1.96. The van der Waals surface area contributed by atoms with Gasteiger partial charge in [0.25, 0.3) is 0 Å². The van der Waals surface area contributed by atoms with Crippen molar-refractivity contribution in [3.63, 3.8) is 0 Å². The molecule has 0 spiro atoms. The van der Waals surface area contributed by atoms with Gasteiger partial charge in [0.2, 0.25) is 5.91 Å². The Morgan fingerprint density at radius 3 is 3.00 bits per heavy atom. The van der Waals surface area contributed by atoms with Gasteiger partial charge in [0.1, 0.15) is 0 Å². The van der Waals surface area contributed by atoms with Crippen LogP contribution in [0.2, 0.25) is 0 Å². The Balaban J connectivity index is 0.000001000. The van der Waals surface area contributed by atoms with Gasteiger partial charge in [-0.25, -0.2) is 0 Å². The quantitative estimate of drug-likeness (QED) is 0.548. The molecular weight excluding hydrogens is 126 g/mol. The van der Waals surface area contributed by atoms with Gasteiger partial charge in [-0.15, -0.1) is 0 Å². The van der Waals surface area contributed by atoms with E-state index in [9.17, 15) is 4.79 Å². The van der Waals surface area contributed by atoms with Gasteiger partial charge in [-0.3, -0.25) is 4.79 Å². The van der Waals surface area contributed by atoms with Gasteiger partial charge in [0.05, 0.1) is 0 Å². The second-order valence-electron chi connectivity index (χ2n) is 2.89. The minimum Gasteiger partial charge on any atom is -0.356 e. The molecular formula is C8H15NO. The second kappa shape index (κ2) is 2.86. The third kappa shape index (κ3) is 1.59. The molecule has 1 N–H and O–H groups in total. The first-order valence-corrected chi connectivity index (χ1v) is 3.62. The Labute approximate surface area is 62.8 Å². The van der Waals surface area contributed by atoms with E-state index in [-0.39, 0.29) is 7.33 Å². The average Bonchev–Trinajstić information content (AvgIpc) is 1.88. The van der Waals surface area contributed by atoms with Crippen LogP contribution in [-0.2, 0) is 4.79 Å². The molecule has 1 atom stereocenters. The molecule has 0 saturated carbocycles. The molecule has 58 valence electrons. The van der Waals surface area contributed by atoms with Gasteiger partial charge >= 0.3 is 0 Å². The fourth-order valence-corrected chi connectivity index (χ4v) is 1.15. The maximum absolute atomic E-state index is 10.7. The smallest absolute Gasteiger partial charge is 0.220 e. The molecule has 0 unspecified atom stereocenters. The molecule has 0 aromatic rings. The van der Waals surface area contributed by atoms with Crippen LogP contribution in [0.3, 0.4) is 0 Å². The predicted octanol–water partition coefficient (Wildman–Crippen LogP) is 1.33. The lowest BCUT2D eigenvalue weighted by atomic mass is 9.93. The van der Waals surface area contributed by atoms with Gasteiger partial charge in [0, 0.05) is 14.4 Å². The molecule has 1 saturated heterocycles. The van der Waals surface area contributed by atoms with Crippen LogP contribution in [0, 0.1) is 5.92 Å². The normalized spacial score (nSPS) is 25.7. The zero-order chi connectivity index (χ0) is 7.56. The van der Waals surface area contributed by atoms with Crippen molar-refractivity contribution in [3.05, 3.63) is 12.2 Å². The predicted molar refractivity (Wildman–Crippen MR) is 42.7 cm³/mol. The number of amides is 1. The zero-order valence-corrected chi connectivity index (χ0v) is 6.31. The molecule has 1 aliphatic rings. The van der Waals surface area contributed by atoms with Crippen molar-refractivity contribution in [2.24, 2.45) is 5.92 Å². The van der Waals surface area contributed by atoms with Crippen molar-refractivity contribution >= 4 is 5.91 Å². The molecule has 0 radical (unpaired) electrons. The summed E-state index contributed by atoms with van der Waals surface area (Å²) in [5, 5.41) is 2.81. The molecule has 0 bridgehead atoms. The first-order chi connectivity index (χ1) is 4.70. The monoisotopic (exact) mass is 141 g/mol. The van der Waals surface area contributed by atoms with Crippen molar-refractivity contribution in [2.75, 3.05) is 6.54 Å². The van der Waals surface area contributed by atoms with Crippen molar-refractivity contribution in [1.29, 1.82) is 0 Å². The Bertz CT molecular complexity index is 157. The van der Waals surface area contributed by atoms with Crippen molar-refractivity contribution < 1.29 is 6.22 Å². The summed E-state index contributed by atoms with van der Waals surface area (Å²) in [7, 11) is 0. The highest BCUT2D eigenvalue weighted by molar-refractivity contribution is 5.76. The van der Waals surface area contributed by atoms with Crippen molar-refractivity contribution in [1.82, 2.24) is 5.32 Å². The number of carbonyl (C=O) groups is 1. The molecule has 10 heavy (non-hydrogen) atoms. The summed E-state index contributed by atoms with van der Waals surface area (Å²) in [6.45, 7) is 6.65. The van der Waals surface area contributed by atoms with Crippen LogP contribution in [0.15, 0.2) is 12.2 Å². The van der Waals surface area contributed by atoms with Crippen LogP contribution >= 0.6 is 0 Å². The minimum absolute atomic E-state index is 0. The summed E-state index contributed by atoms with van der Waals surface area (Å²) in [6, 6.07) is 0. The molecule has 1 aliphatic heterocycles. The summed E-state index contributed by atoms with van der Waals surface area (Å²) in [4.78, 5) is 10.7. The Morgan fingerprint density at radius 2 is 2.60 bits per heavy atom. The molecule has 2 nitrogen and oxygen atoms in total. The molecule has 1 rings (SSSR count). The van der Waals surface area contributed by atoms with Crippen LogP contribution in [0.4, 0.5) is 0 Å². The molecule has 1 heterocycles. The fourth-order valence-electron chi connectivity index (χ4n) is 1.15. The van der Waals surface area contributed by atoms with Crippen LogP contribution < -0.4 is 5.32 Å². The summed E-state index contributed by atoms with van der Waals surface area (Å²) in [5.41, 5.74) is 1.18. The van der Waals surface area contributed by atoms with E-state index >= 15 is 0 Å². The average molecular weight is 141 g/mol. The number of rotatable bonds is 1. The Kier molecular flexibility index (Phi) is 2.10. The zero-order valence-electron chi connectivity index (χ0n) is 6.31. The van der Waals surface area contributed by atoms with Crippen LogP contribution in [0.1, 0.15) is 21.2 Å². The number of nitrogens with one attached hydrogen (secondary N) is 1. The van der Waals surface area contributed by atoms with Gasteiger partial charge in [-0.2, -0.15) is 0 Å². The number of hydrogen-bond donors (Lipinski definition) is 1. The van der Waals surface area contributed by atoms with E-state index in [4.69, 9.17) is 0 Å². The lowest BCUT2D eigenvalue weighted by molar-refractivity contribution is -0.122. The van der Waals surface area contributed by atoms with E-state index in [1.807, 2.05) is 6.92 Å². The van der Waals surface area contributed by atoms with Crippen LogP contribution in [0.5, 0.6) is 0 Å². The van der Waals surface area contributed by atoms with E-state index in [1.54, 1.807) is 0 Å². The molecule has 1 amide bonds. The molecule has 0 aromatic carbocycles. The standard InChI is InChI=1S/C8H13NO.H2/c1-6(2)7-3-4-8(10)9-5-7;/h7H,1,3-5H2,2H3,(H,9,10);1H/t7-;/m0./s1. The molecule has 1 fully saturated rings. The lowest BCUT2D eigenvalue weighted by Gasteiger charge is -2.22. The van der Waals surface area contributed by atoms with E-state index in [0.717, 1.165) is 13.0 Å². The topological polar surface area (TPSA) is 29.1 Å². The van der Waals surface area contributed by atoms with Gasteiger partial charge in [0.15, 0.2) is 0 Å². The van der Waals surface area contributed by atoms with Crippen LogP contribution in [-0.4, -0.2) is 12.5 Å². The lowest BCUT2D eigenvalue weighted by Crippen LogP contribution is -2.35. The van der Waals surface area contributed by atoms with Crippen molar-refractivity contribution in [3.8, 4) is 0 Å². The van der Waals surface area contributed by atoms with E-state index < -0.39 is 0 Å². The maximum Gasteiger partial charge on any atom is 0.220 e. The molecule has 0 aliphatic carbocycles. The first-order valence-electron chi connectivity index (χ1n) is 3.62. The Hall–Kier alpha value is -0.790. The van der Waals surface area contributed by atoms with Gasteiger partial charge in [-0.05, 0) is 19.3 Å². The largest absolute Gasteiger partial charge is 0.356 e.